The highest BCUT2D eigenvalue weighted by Crippen LogP contribution is 2.19. The van der Waals surface area contributed by atoms with Crippen molar-refractivity contribution in [1.29, 1.82) is 0 Å². The zero-order valence-corrected chi connectivity index (χ0v) is 9.84. The number of hydrogen-bond acceptors (Lipinski definition) is 4. The molecule has 1 aliphatic heterocycles. The molecule has 0 aromatic carbocycles. The van der Waals surface area contributed by atoms with Crippen molar-refractivity contribution < 1.29 is 24.5 Å². The molecule has 0 bridgehead atoms. The summed E-state index contributed by atoms with van der Waals surface area (Å²) in [6.45, 7) is 5.69. The second kappa shape index (κ2) is 11.4. The van der Waals surface area contributed by atoms with E-state index < -0.39 is 0 Å². The molecule has 1 saturated heterocycles. The summed E-state index contributed by atoms with van der Waals surface area (Å²) < 4.78 is 10.3. The van der Waals surface area contributed by atoms with Gasteiger partial charge in [-0.25, -0.2) is 0 Å². The van der Waals surface area contributed by atoms with Gasteiger partial charge in [-0.15, -0.1) is 0 Å². The number of hydrogen-bond donors (Lipinski definition) is 2. The molecular weight excluding hydrogens is 200 g/mol. The van der Waals surface area contributed by atoms with Gasteiger partial charge in [0.05, 0.1) is 12.2 Å². The maximum atomic E-state index is 9.22. The van der Waals surface area contributed by atoms with Crippen LogP contribution in [0.2, 0.25) is 0 Å². The average Bonchev–Trinajstić information content (AvgIpc) is 2.20. The first kappa shape index (κ1) is 16.8. The van der Waals surface area contributed by atoms with Gasteiger partial charge in [-0.3, -0.25) is 4.79 Å². The van der Waals surface area contributed by atoms with Crippen LogP contribution in [0.4, 0.5) is 0 Å². The van der Waals surface area contributed by atoms with Gasteiger partial charge in [-0.05, 0) is 13.3 Å². The minimum Gasteiger partial charge on any atom is -0.483 e. The molecule has 5 nitrogen and oxygen atoms in total. The van der Waals surface area contributed by atoms with E-state index in [0.29, 0.717) is 6.42 Å². The van der Waals surface area contributed by atoms with Gasteiger partial charge in [0, 0.05) is 13.5 Å². The van der Waals surface area contributed by atoms with Gasteiger partial charge in [0.15, 0.2) is 6.29 Å². The van der Waals surface area contributed by atoms with Gasteiger partial charge in [0.2, 0.25) is 0 Å². The summed E-state index contributed by atoms with van der Waals surface area (Å²) in [6.07, 6.45) is 0.974. The van der Waals surface area contributed by atoms with Gasteiger partial charge >= 0.3 is 0 Å². The monoisotopic (exact) mass is 222 g/mol. The van der Waals surface area contributed by atoms with Crippen molar-refractivity contribution in [2.75, 3.05) is 7.11 Å². The van der Waals surface area contributed by atoms with Gasteiger partial charge in [0.25, 0.3) is 6.47 Å². The third kappa shape index (κ3) is 9.65. The smallest absolute Gasteiger partial charge is 0.290 e. The number of aliphatic hydroxyl groups is 1. The second-order valence-electron chi connectivity index (χ2n) is 2.84. The third-order valence-electron chi connectivity index (χ3n) is 1.72. The number of carboxylic acid groups (broad SMARTS) is 1. The fourth-order valence-corrected chi connectivity index (χ4v) is 1.22. The number of ether oxygens (including phenoxy) is 2. The molecule has 1 fully saturated rings. The van der Waals surface area contributed by atoms with Crippen LogP contribution in [0.15, 0.2) is 0 Å². The van der Waals surface area contributed by atoms with Crippen LogP contribution in [0.5, 0.6) is 0 Å². The first-order chi connectivity index (χ1) is 7.13. The lowest BCUT2D eigenvalue weighted by molar-refractivity contribution is -0.198. The normalized spacial score (nSPS) is 29.0. The fraction of sp³-hybridized carbons (Fsp3) is 0.900. The zero-order chi connectivity index (χ0) is 12.3. The Balaban J connectivity index is 0. The lowest BCUT2D eigenvalue weighted by Crippen LogP contribution is -2.34. The molecule has 3 atom stereocenters. The molecule has 5 heteroatoms. The molecule has 0 aromatic heterocycles. The predicted molar refractivity (Wildman–Crippen MR) is 56.6 cm³/mol. The van der Waals surface area contributed by atoms with Crippen molar-refractivity contribution in [3.05, 3.63) is 0 Å². The van der Waals surface area contributed by atoms with Crippen LogP contribution >= 0.6 is 0 Å². The number of aliphatic hydroxyl groups excluding tert-OH is 1. The van der Waals surface area contributed by atoms with E-state index in [4.69, 9.17) is 19.4 Å². The van der Waals surface area contributed by atoms with Crippen molar-refractivity contribution >= 4 is 6.47 Å². The highest BCUT2D eigenvalue weighted by atomic mass is 16.7. The van der Waals surface area contributed by atoms with E-state index in [0.717, 1.165) is 6.42 Å². The SMILES string of the molecule is CC.COC1CC(O)CC(C)O1.O=CO. The maximum absolute atomic E-state index is 9.22. The van der Waals surface area contributed by atoms with Gasteiger partial charge < -0.3 is 19.7 Å². The topological polar surface area (TPSA) is 76.0 Å². The summed E-state index contributed by atoms with van der Waals surface area (Å²) in [5.41, 5.74) is 0. The molecule has 1 rings (SSSR count). The van der Waals surface area contributed by atoms with E-state index in [1.54, 1.807) is 7.11 Å². The Morgan fingerprint density at radius 2 is 1.87 bits per heavy atom. The molecule has 0 saturated carbocycles. The van der Waals surface area contributed by atoms with Crippen LogP contribution in [-0.2, 0) is 14.3 Å². The molecule has 0 spiro atoms. The minimum atomic E-state index is -0.256. The summed E-state index contributed by atoms with van der Waals surface area (Å²) >= 11 is 0. The Kier molecular flexibility index (Phi) is 12.8. The molecule has 92 valence electrons. The van der Waals surface area contributed by atoms with Crippen LogP contribution < -0.4 is 0 Å². The Morgan fingerprint density at radius 1 is 1.40 bits per heavy atom. The Bertz CT molecular complexity index is 130. The molecule has 0 radical (unpaired) electrons. The maximum Gasteiger partial charge on any atom is 0.290 e. The zero-order valence-electron chi connectivity index (χ0n) is 9.84. The van der Waals surface area contributed by atoms with Crippen LogP contribution in [-0.4, -0.2) is 42.3 Å². The first-order valence-electron chi connectivity index (χ1n) is 5.08. The van der Waals surface area contributed by atoms with E-state index >= 15 is 0 Å². The van der Waals surface area contributed by atoms with E-state index in [1.807, 2.05) is 20.8 Å². The van der Waals surface area contributed by atoms with Gasteiger partial charge in [-0.1, -0.05) is 13.8 Å². The molecule has 3 unspecified atom stereocenters. The van der Waals surface area contributed by atoms with Crippen LogP contribution in [0.25, 0.3) is 0 Å². The molecule has 15 heavy (non-hydrogen) atoms. The summed E-state index contributed by atoms with van der Waals surface area (Å²) in [6, 6.07) is 0. The van der Waals surface area contributed by atoms with Gasteiger partial charge in [-0.2, -0.15) is 0 Å². The Hall–Kier alpha value is -0.650. The summed E-state index contributed by atoms with van der Waals surface area (Å²) in [5.74, 6) is 0. The van der Waals surface area contributed by atoms with Crippen molar-refractivity contribution in [3.8, 4) is 0 Å². The van der Waals surface area contributed by atoms with Crippen LogP contribution in [0.1, 0.15) is 33.6 Å². The Morgan fingerprint density at radius 3 is 2.20 bits per heavy atom. The molecule has 0 aromatic rings. The highest BCUT2D eigenvalue weighted by molar-refractivity contribution is 5.32. The molecular formula is C10H22O5. The summed E-state index contributed by atoms with van der Waals surface area (Å²) in [4.78, 5) is 8.36. The fourth-order valence-electron chi connectivity index (χ4n) is 1.22. The largest absolute Gasteiger partial charge is 0.483 e. The predicted octanol–water partition coefficient (Wildman–Crippen LogP) is 1.25. The lowest BCUT2D eigenvalue weighted by Gasteiger charge is -2.29. The standard InChI is InChI=1S/C7H14O3.C2H6.CH2O2/c1-5-3-6(8)4-7(9-2)10-5;1-2;2-1-3/h5-8H,3-4H2,1-2H3;1-2H3;1H,(H,2,3). The van der Waals surface area contributed by atoms with E-state index in [-0.39, 0.29) is 25.0 Å². The van der Waals surface area contributed by atoms with Crippen molar-refractivity contribution in [3.63, 3.8) is 0 Å². The van der Waals surface area contributed by atoms with Crippen molar-refractivity contribution in [2.45, 2.75) is 52.1 Å². The number of rotatable bonds is 1. The second-order valence-corrected chi connectivity index (χ2v) is 2.84. The van der Waals surface area contributed by atoms with E-state index in [1.165, 1.54) is 0 Å². The van der Waals surface area contributed by atoms with E-state index in [9.17, 15) is 5.11 Å². The third-order valence-corrected chi connectivity index (χ3v) is 1.72. The lowest BCUT2D eigenvalue weighted by atomic mass is 10.1. The molecule has 0 amide bonds. The van der Waals surface area contributed by atoms with Crippen molar-refractivity contribution in [2.24, 2.45) is 0 Å². The number of methoxy groups -OCH3 is 1. The van der Waals surface area contributed by atoms with E-state index in [2.05, 4.69) is 0 Å². The molecule has 0 aliphatic carbocycles. The Labute approximate surface area is 91.0 Å². The first-order valence-corrected chi connectivity index (χ1v) is 5.08. The average molecular weight is 222 g/mol. The molecule has 1 heterocycles. The molecule has 1 aliphatic rings. The highest BCUT2D eigenvalue weighted by Gasteiger charge is 2.24. The van der Waals surface area contributed by atoms with Gasteiger partial charge in [0.1, 0.15) is 0 Å². The summed E-state index contributed by atoms with van der Waals surface area (Å²) in [5, 5.41) is 16.1. The number of carbonyl (C=O) groups is 1. The van der Waals surface area contributed by atoms with Crippen LogP contribution in [0.3, 0.4) is 0 Å². The summed E-state index contributed by atoms with van der Waals surface area (Å²) in [7, 11) is 1.59. The minimum absolute atomic E-state index is 0.119. The molecule has 2 N–H and O–H groups in total. The quantitative estimate of drug-likeness (QED) is 0.653. The van der Waals surface area contributed by atoms with Crippen molar-refractivity contribution in [1.82, 2.24) is 0 Å². The van der Waals surface area contributed by atoms with Crippen LogP contribution in [0, 0.1) is 0 Å².